The molecule has 3 N–H and O–H groups in total. The standard InChI is InChI=1S/C14H18N2O4/c1-2-3-13-15-11-6-9(14(19)20)4-5-12(11)16(13)10(7-17)8-18/h4-6,10,17-18H,2-3,7-8H2,1H3,(H,19,20). The number of nitrogens with zero attached hydrogens (tertiary/aromatic N) is 2. The summed E-state index contributed by atoms with van der Waals surface area (Å²) in [6, 6.07) is 4.23. The van der Waals surface area contributed by atoms with E-state index in [4.69, 9.17) is 5.11 Å². The molecule has 0 saturated carbocycles. The van der Waals surface area contributed by atoms with E-state index in [9.17, 15) is 15.0 Å². The Morgan fingerprint density at radius 2 is 2.05 bits per heavy atom. The predicted molar refractivity (Wildman–Crippen MR) is 73.9 cm³/mol. The van der Waals surface area contributed by atoms with E-state index in [0.29, 0.717) is 11.9 Å². The lowest BCUT2D eigenvalue weighted by molar-refractivity contribution is 0.0697. The maximum absolute atomic E-state index is 11.0. The molecule has 0 fully saturated rings. The highest BCUT2D eigenvalue weighted by Crippen LogP contribution is 2.23. The van der Waals surface area contributed by atoms with Crippen molar-refractivity contribution in [1.29, 1.82) is 0 Å². The molecule has 6 heteroatoms. The van der Waals surface area contributed by atoms with E-state index < -0.39 is 12.0 Å². The molecule has 1 heterocycles. The lowest BCUT2D eigenvalue weighted by atomic mass is 10.2. The number of imidazole rings is 1. The zero-order valence-electron chi connectivity index (χ0n) is 11.3. The molecule has 0 bridgehead atoms. The average molecular weight is 278 g/mol. The van der Waals surface area contributed by atoms with Crippen LogP contribution in [0, 0.1) is 0 Å². The number of hydrogen-bond acceptors (Lipinski definition) is 4. The van der Waals surface area contributed by atoms with Crippen molar-refractivity contribution in [2.24, 2.45) is 0 Å². The maximum Gasteiger partial charge on any atom is 0.335 e. The van der Waals surface area contributed by atoms with Crippen LogP contribution in [-0.4, -0.2) is 44.1 Å². The van der Waals surface area contributed by atoms with Gasteiger partial charge in [0.15, 0.2) is 0 Å². The molecule has 20 heavy (non-hydrogen) atoms. The number of fused-ring (bicyclic) bond motifs is 1. The number of carboxylic acids is 1. The molecule has 6 nitrogen and oxygen atoms in total. The smallest absolute Gasteiger partial charge is 0.335 e. The van der Waals surface area contributed by atoms with E-state index in [-0.39, 0.29) is 18.8 Å². The first kappa shape index (κ1) is 14.5. The van der Waals surface area contributed by atoms with Gasteiger partial charge in [-0.15, -0.1) is 0 Å². The van der Waals surface area contributed by atoms with Crippen molar-refractivity contribution < 1.29 is 20.1 Å². The molecule has 0 saturated heterocycles. The Bertz CT molecular complexity index is 617. The number of benzene rings is 1. The van der Waals surface area contributed by atoms with Crippen LogP contribution in [0.2, 0.25) is 0 Å². The van der Waals surface area contributed by atoms with Crippen LogP contribution in [0.5, 0.6) is 0 Å². The molecular formula is C14H18N2O4. The number of aliphatic hydroxyl groups is 2. The molecule has 0 atom stereocenters. The van der Waals surface area contributed by atoms with Gasteiger partial charge in [0.25, 0.3) is 0 Å². The van der Waals surface area contributed by atoms with Gasteiger partial charge in [-0.3, -0.25) is 0 Å². The minimum Gasteiger partial charge on any atom is -0.478 e. The molecule has 2 aromatic rings. The second-order valence-corrected chi connectivity index (χ2v) is 4.68. The SMILES string of the molecule is CCCc1nc2cc(C(=O)O)ccc2n1C(CO)CO. The minimum atomic E-state index is -1.00. The van der Waals surface area contributed by atoms with Crippen LogP contribution >= 0.6 is 0 Å². The first-order chi connectivity index (χ1) is 9.62. The highest BCUT2D eigenvalue weighted by atomic mass is 16.4. The summed E-state index contributed by atoms with van der Waals surface area (Å²) in [5.74, 6) is -0.252. The zero-order valence-corrected chi connectivity index (χ0v) is 11.3. The van der Waals surface area contributed by atoms with E-state index in [2.05, 4.69) is 4.98 Å². The van der Waals surface area contributed by atoms with Crippen LogP contribution in [0.1, 0.15) is 35.6 Å². The van der Waals surface area contributed by atoms with Gasteiger partial charge in [0.2, 0.25) is 0 Å². The number of aromatic nitrogens is 2. The van der Waals surface area contributed by atoms with Crippen molar-refractivity contribution in [3.05, 3.63) is 29.6 Å². The summed E-state index contributed by atoms with van der Waals surface area (Å²) in [6.45, 7) is 1.62. The Labute approximate surface area is 116 Å². The fourth-order valence-corrected chi connectivity index (χ4v) is 2.31. The summed E-state index contributed by atoms with van der Waals surface area (Å²) < 4.78 is 1.80. The number of aryl methyl sites for hydroxylation is 1. The molecule has 0 radical (unpaired) electrons. The monoisotopic (exact) mass is 278 g/mol. The quantitative estimate of drug-likeness (QED) is 0.738. The van der Waals surface area contributed by atoms with Gasteiger partial charge in [0.05, 0.1) is 35.9 Å². The molecule has 0 amide bonds. The topological polar surface area (TPSA) is 95.6 Å². The number of aliphatic hydroxyl groups excluding tert-OH is 2. The molecule has 0 spiro atoms. The summed E-state index contributed by atoms with van der Waals surface area (Å²) in [5.41, 5.74) is 1.47. The molecular weight excluding hydrogens is 260 g/mol. The summed E-state index contributed by atoms with van der Waals surface area (Å²) >= 11 is 0. The Balaban J connectivity index is 2.62. The molecule has 1 aromatic carbocycles. The van der Waals surface area contributed by atoms with Gasteiger partial charge in [0, 0.05) is 6.42 Å². The number of aromatic carboxylic acids is 1. The second kappa shape index (κ2) is 6.02. The first-order valence-electron chi connectivity index (χ1n) is 6.58. The lowest BCUT2D eigenvalue weighted by Crippen LogP contribution is -2.19. The molecule has 0 unspecified atom stereocenters. The Morgan fingerprint density at radius 1 is 1.35 bits per heavy atom. The highest BCUT2D eigenvalue weighted by molar-refractivity contribution is 5.92. The van der Waals surface area contributed by atoms with E-state index >= 15 is 0 Å². The Hall–Kier alpha value is -1.92. The summed E-state index contributed by atoms with van der Waals surface area (Å²) in [6.07, 6.45) is 1.58. The Kier molecular flexibility index (Phi) is 4.36. The summed E-state index contributed by atoms with van der Waals surface area (Å²) in [7, 11) is 0. The fraction of sp³-hybridized carbons (Fsp3) is 0.429. The first-order valence-corrected chi connectivity index (χ1v) is 6.58. The summed E-state index contributed by atoms with van der Waals surface area (Å²) in [4.78, 5) is 15.4. The van der Waals surface area contributed by atoms with Crippen LogP contribution in [0.15, 0.2) is 18.2 Å². The second-order valence-electron chi connectivity index (χ2n) is 4.68. The summed E-state index contributed by atoms with van der Waals surface area (Å²) in [5, 5.41) is 27.8. The third kappa shape index (κ3) is 2.52. The van der Waals surface area contributed by atoms with Gasteiger partial charge in [0.1, 0.15) is 5.82 Å². The van der Waals surface area contributed by atoms with Gasteiger partial charge < -0.3 is 19.9 Å². The van der Waals surface area contributed by atoms with Gasteiger partial charge in [-0.1, -0.05) is 6.92 Å². The highest BCUT2D eigenvalue weighted by Gasteiger charge is 2.18. The molecule has 2 rings (SSSR count). The zero-order chi connectivity index (χ0) is 14.7. The normalized spacial score (nSPS) is 11.4. The van der Waals surface area contributed by atoms with Gasteiger partial charge in [-0.25, -0.2) is 9.78 Å². The van der Waals surface area contributed by atoms with Crippen LogP contribution < -0.4 is 0 Å². The molecule has 108 valence electrons. The van der Waals surface area contributed by atoms with Gasteiger partial charge in [-0.2, -0.15) is 0 Å². The van der Waals surface area contributed by atoms with Crippen LogP contribution in [-0.2, 0) is 6.42 Å². The van der Waals surface area contributed by atoms with Crippen LogP contribution in [0.3, 0.4) is 0 Å². The third-order valence-electron chi connectivity index (χ3n) is 3.27. The lowest BCUT2D eigenvalue weighted by Gasteiger charge is -2.17. The van der Waals surface area contributed by atoms with Crippen molar-refractivity contribution in [1.82, 2.24) is 9.55 Å². The number of carboxylic acid groups (broad SMARTS) is 1. The minimum absolute atomic E-state index is 0.176. The fourth-order valence-electron chi connectivity index (χ4n) is 2.31. The van der Waals surface area contributed by atoms with E-state index in [1.54, 1.807) is 10.6 Å². The van der Waals surface area contributed by atoms with E-state index in [1.165, 1.54) is 12.1 Å². The number of hydrogen-bond donors (Lipinski definition) is 3. The van der Waals surface area contributed by atoms with Crippen molar-refractivity contribution in [2.45, 2.75) is 25.8 Å². The average Bonchev–Trinajstić information content (AvgIpc) is 2.78. The Morgan fingerprint density at radius 3 is 2.60 bits per heavy atom. The van der Waals surface area contributed by atoms with Crippen molar-refractivity contribution in [3.8, 4) is 0 Å². The van der Waals surface area contributed by atoms with Crippen molar-refractivity contribution in [3.63, 3.8) is 0 Å². The van der Waals surface area contributed by atoms with Crippen LogP contribution in [0.25, 0.3) is 11.0 Å². The van der Waals surface area contributed by atoms with Gasteiger partial charge in [-0.05, 0) is 24.6 Å². The van der Waals surface area contributed by atoms with E-state index in [1.807, 2.05) is 6.92 Å². The molecule has 0 aliphatic carbocycles. The van der Waals surface area contributed by atoms with E-state index in [0.717, 1.165) is 17.8 Å². The predicted octanol–water partition coefficient (Wildman–Crippen LogP) is 1.21. The molecule has 1 aromatic heterocycles. The number of carbonyl (C=O) groups is 1. The maximum atomic E-state index is 11.0. The number of rotatable bonds is 6. The largest absolute Gasteiger partial charge is 0.478 e. The molecule has 0 aliphatic rings. The van der Waals surface area contributed by atoms with Crippen molar-refractivity contribution in [2.75, 3.05) is 13.2 Å². The van der Waals surface area contributed by atoms with Gasteiger partial charge >= 0.3 is 5.97 Å². The molecule has 0 aliphatic heterocycles. The third-order valence-corrected chi connectivity index (χ3v) is 3.27. The van der Waals surface area contributed by atoms with Crippen LogP contribution in [0.4, 0.5) is 0 Å². The van der Waals surface area contributed by atoms with Crippen molar-refractivity contribution >= 4 is 17.0 Å².